The van der Waals surface area contributed by atoms with Crippen molar-refractivity contribution in [2.45, 2.75) is 13.5 Å². The third-order valence-corrected chi connectivity index (χ3v) is 6.54. The minimum absolute atomic E-state index is 0.774. The summed E-state index contributed by atoms with van der Waals surface area (Å²) in [5, 5.41) is 5.66. The van der Waals surface area contributed by atoms with Crippen molar-refractivity contribution in [2.24, 2.45) is 0 Å². The number of anilines is 1. The molecule has 1 aliphatic heterocycles. The van der Waals surface area contributed by atoms with E-state index < -0.39 is 0 Å². The van der Waals surface area contributed by atoms with Gasteiger partial charge in [-0.2, -0.15) is 4.52 Å². The molecular formula is C19H19BrN6S. The first kappa shape index (κ1) is 17.1. The molecule has 0 aliphatic carbocycles. The van der Waals surface area contributed by atoms with Crippen molar-refractivity contribution in [2.75, 3.05) is 31.1 Å². The highest BCUT2D eigenvalue weighted by Gasteiger charge is 2.22. The molecule has 0 N–H and O–H groups in total. The van der Waals surface area contributed by atoms with Gasteiger partial charge in [0.1, 0.15) is 5.82 Å². The highest BCUT2D eigenvalue weighted by Crippen LogP contribution is 2.26. The van der Waals surface area contributed by atoms with Gasteiger partial charge in [-0.15, -0.1) is 16.4 Å². The zero-order valence-electron chi connectivity index (χ0n) is 15.0. The van der Waals surface area contributed by atoms with Gasteiger partial charge in [0, 0.05) is 43.0 Å². The number of benzene rings is 1. The van der Waals surface area contributed by atoms with Crippen LogP contribution in [0.1, 0.15) is 10.7 Å². The molecule has 0 atom stereocenters. The summed E-state index contributed by atoms with van der Waals surface area (Å²) in [7, 11) is 0. The Bertz CT molecular complexity index is 1110. The minimum Gasteiger partial charge on any atom is -0.338 e. The van der Waals surface area contributed by atoms with E-state index in [0.717, 1.165) is 61.0 Å². The molecule has 0 saturated carbocycles. The summed E-state index contributed by atoms with van der Waals surface area (Å²) in [5.41, 5.74) is 1.86. The van der Waals surface area contributed by atoms with Crippen molar-refractivity contribution < 1.29 is 0 Å². The van der Waals surface area contributed by atoms with Crippen LogP contribution >= 0.6 is 27.3 Å². The maximum absolute atomic E-state index is 4.92. The molecule has 1 fully saturated rings. The van der Waals surface area contributed by atoms with E-state index in [4.69, 9.17) is 4.98 Å². The molecule has 0 bridgehead atoms. The number of hydrogen-bond donors (Lipinski definition) is 0. The number of nitrogens with zero attached hydrogens (tertiary/aromatic N) is 6. The lowest BCUT2D eigenvalue weighted by Crippen LogP contribution is -2.46. The third-order valence-electron chi connectivity index (χ3n) is 4.93. The van der Waals surface area contributed by atoms with Gasteiger partial charge in [0.05, 0.1) is 9.30 Å². The Morgan fingerprint density at radius 2 is 1.85 bits per heavy atom. The Morgan fingerprint density at radius 1 is 1.04 bits per heavy atom. The summed E-state index contributed by atoms with van der Waals surface area (Å²) in [6.45, 7) is 6.84. The topological polar surface area (TPSA) is 49.6 Å². The van der Waals surface area contributed by atoms with E-state index in [-0.39, 0.29) is 0 Å². The number of aryl methyl sites for hydroxylation is 1. The van der Waals surface area contributed by atoms with Gasteiger partial charge in [-0.1, -0.05) is 12.1 Å². The molecular weight excluding hydrogens is 424 g/mol. The standard InChI is InChI=1S/C19H19BrN6S/c1-13-21-18-15-4-2-3-5-16(15)22-19(26(18)23-13)25-10-8-24(9-11-25)12-14-6-7-17(20)27-14/h2-7H,8-12H2,1H3. The SMILES string of the molecule is Cc1nc2c3ccccc3nc(N3CCN(Cc4ccc(Br)s4)CC3)n2n1. The molecule has 1 aliphatic rings. The van der Waals surface area contributed by atoms with Crippen LogP contribution in [0.2, 0.25) is 0 Å². The van der Waals surface area contributed by atoms with Crippen molar-refractivity contribution >= 4 is 49.8 Å². The van der Waals surface area contributed by atoms with Crippen LogP contribution in [0.15, 0.2) is 40.2 Å². The van der Waals surface area contributed by atoms with Crippen molar-refractivity contribution in [3.8, 4) is 0 Å². The highest BCUT2D eigenvalue weighted by molar-refractivity contribution is 9.11. The van der Waals surface area contributed by atoms with Crippen LogP contribution in [0.5, 0.6) is 0 Å². The summed E-state index contributed by atoms with van der Waals surface area (Å²) in [5.74, 6) is 1.67. The Balaban J connectivity index is 1.42. The third kappa shape index (κ3) is 3.22. The second-order valence-corrected chi connectivity index (χ2v) is 9.34. The van der Waals surface area contributed by atoms with E-state index in [0.29, 0.717) is 0 Å². The van der Waals surface area contributed by atoms with Crippen LogP contribution in [0.4, 0.5) is 5.95 Å². The monoisotopic (exact) mass is 442 g/mol. The van der Waals surface area contributed by atoms with Gasteiger partial charge in [0.25, 0.3) is 0 Å². The van der Waals surface area contributed by atoms with E-state index in [2.05, 4.69) is 54.0 Å². The maximum Gasteiger partial charge on any atom is 0.229 e. The molecule has 1 aromatic carbocycles. The number of halogens is 1. The van der Waals surface area contributed by atoms with Crippen LogP contribution in [-0.2, 0) is 6.54 Å². The first-order chi connectivity index (χ1) is 13.2. The molecule has 4 aromatic rings. The smallest absolute Gasteiger partial charge is 0.229 e. The highest BCUT2D eigenvalue weighted by atomic mass is 79.9. The lowest BCUT2D eigenvalue weighted by Gasteiger charge is -2.35. The second-order valence-electron chi connectivity index (χ2n) is 6.79. The number of para-hydroxylation sites is 1. The van der Waals surface area contributed by atoms with Gasteiger partial charge in [-0.25, -0.2) is 9.97 Å². The quantitative estimate of drug-likeness (QED) is 0.483. The normalized spacial score (nSPS) is 15.9. The van der Waals surface area contributed by atoms with Gasteiger partial charge >= 0.3 is 0 Å². The van der Waals surface area contributed by atoms with Crippen molar-refractivity contribution in [3.05, 3.63) is 50.9 Å². The fourth-order valence-electron chi connectivity index (χ4n) is 3.61. The number of thiophene rings is 1. The molecule has 5 rings (SSSR count). The van der Waals surface area contributed by atoms with Crippen LogP contribution in [0.3, 0.4) is 0 Å². The van der Waals surface area contributed by atoms with E-state index in [9.17, 15) is 0 Å². The lowest BCUT2D eigenvalue weighted by atomic mass is 10.2. The molecule has 4 heterocycles. The largest absolute Gasteiger partial charge is 0.338 e. The lowest BCUT2D eigenvalue weighted by molar-refractivity contribution is 0.250. The van der Waals surface area contributed by atoms with Gasteiger partial charge in [0.2, 0.25) is 5.95 Å². The van der Waals surface area contributed by atoms with E-state index in [1.807, 2.05) is 41.0 Å². The Kier molecular flexibility index (Phi) is 4.34. The molecule has 0 unspecified atom stereocenters. The number of aromatic nitrogens is 4. The molecule has 0 radical (unpaired) electrons. The zero-order chi connectivity index (χ0) is 18.4. The average Bonchev–Trinajstić information content (AvgIpc) is 3.27. The summed E-state index contributed by atoms with van der Waals surface area (Å²) < 4.78 is 3.10. The average molecular weight is 443 g/mol. The predicted molar refractivity (Wildman–Crippen MR) is 113 cm³/mol. The van der Waals surface area contributed by atoms with Gasteiger partial charge in [-0.05, 0) is 47.1 Å². The van der Waals surface area contributed by atoms with Crippen LogP contribution in [0.25, 0.3) is 16.6 Å². The molecule has 0 spiro atoms. The van der Waals surface area contributed by atoms with Crippen LogP contribution in [0, 0.1) is 6.92 Å². The zero-order valence-corrected chi connectivity index (χ0v) is 17.4. The fraction of sp³-hybridized carbons (Fsp3) is 0.316. The van der Waals surface area contributed by atoms with Gasteiger partial charge in [-0.3, -0.25) is 4.90 Å². The minimum atomic E-state index is 0.774. The van der Waals surface area contributed by atoms with Crippen molar-refractivity contribution in [1.29, 1.82) is 0 Å². The number of fused-ring (bicyclic) bond motifs is 3. The fourth-order valence-corrected chi connectivity index (χ4v) is 5.14. The Morgan fingerprint density at radius 3 is 2.63 bits per heavy atom. The second kappa shape index (κ2) is 6.85. The number of hydrogen-bond acceptors (Lipinski definition) is 6. The molecule has 3 aromatic heterocycles. The molecule has 27 heavy (non-hydrogen) atoms. The Labute approximate surface area is 169 Å². The summed E-state index contributed by atoms with van der Waals surface area (Å²) in [4.78, 5) is 15.8. The van der Waals surface area contributed by atoms with E-state index in [1.165, 1.54) is 8.66 Å². The summed E-state index contributed by atoms with van der Waals surface area (Å²) in [6.07, 6.45) is 0. The molecule has 0 amide bonds. The first-order valence-electron chi connectivity index (χ1n) is 9.01. The Hall–Kier alpha value is -2.03. The molecule has 8 heteroatoms. The van der Waals surface area contributed by atoms with Crippen LogP contribution in [-0.4, -0.2) is 50.7 Å². The number of rotatable bonds is 3. The summed E-state index contributed by atoms with van der Waals surface area (Å²) in [6, 6.07) is 12.5. The maximum atomic E-state index is 4.92. The van der Waals surface area contributed by atoms with E-state index in [1.54, 1.807) is 0 Å². The van der Waals surface area contributed by atoms with Crippen LogP contribution < -0.4 is 4.90 Å². The van der Waals surface area contributed by atoms with E-state index >= 15 is 0 Å². The molecule has 1 saturated heterocycles. The predicted octanol–water partition coefficient (Wildman–Crippen LogP) is 3.73. The summed E-state index contributed by atoms with van der Waals surface area (Å²) >= 11 is 5.36. The van der Waals surface area contributed by atoms with Gasteiger partial charge in [0.15, 0.2) is 5.65 Å². The van der Waals surface area contributed by atoms with Crippen molar-refractivity contribution in [3.63, 3.8) is 0 Å². The molecule has 6 nitrogen and oxygen atoms in total. The van der Waals surface area contributed by atoms with Gasteiger partial charge < -0.3 is 4.90 Å². The molecule has 138 valence electrons. The number of piperazine rings is 1. The van der Waals surface area contributed by atoms with Crippen molar-refractivity contribution in [1.82, 2.24) is 24.5 Å². The first-order valence-corrected chi connectivity index (χ1v) is 10.6.